The summed E-state index contributed by atoms with van der Waals surface area (Å²) in [5.74, 6) is 0. The maximum absolute atomic E-state index is 11.1. The van der Waals surface area contributed by atoms with Crippen molar-refractivity contribution in [1.82, 2.24) is 0 Å². The number of nitrogens with zero attached hydrogens (tertiary/aromatic N) is 2. The number of aryl methyl sites for hydroxylation is 4. The van der Waals surface area contributed by atoms with Gasteiger partial charge in [-0.1, -0.05) is 80.6 Å². The van der Waals surface area contributed by atoms with E-state index in [-0.39, 0.29) is 9.92 Å². The molecule has 0 N–H and O–H groups in total. The van der Waals surface area contributed by atoms with Crippen molar-refractivity contribution in [1.29, 1.82) is 5.26 Å². The molecular weight excluding hydrogens is 1160 g/mol. The van der Waals surface area contributed by atoms with Crippen molar-refractivity contribution in [2.75, 3.05) is 6.26 Å². The van der Waals surface area contributed by atoms with Crippen molar-refractivity contribution in [3.8, 4) is 6.07 Å². The first-order valence-electron chi connectivity index (χ1n) is 20.6. The summed E-state index contributed by atoms with van der Waals surface area (Å²) in [5.41, 5.74) is 2.82. The van der Waals surface area contributed by atoms with Crippen molar-refractivity contribution < 1.29 is 13.3 Å². The molecule has 0 radical (unpaired) electrons. The fourth-order valence-electron chi connectivity index (χ4n) is 4.77. The summed E-state index contributed by atoms with van der Waals surface area (Å²) in [5, 5.41) is 31.0. The lowest BCUT2D eigenvalue weighted by molar-refractivity contribution is -0.380. The molecule has 0 saturated carbocycles. The predicted octanol–water partition coefficient (Wildman–Crippen LogP) is 21.9. The zero-order valence-electron chi connectivity index (χ0n) is 39.1. The number of halogens is 2. The SMILES string of the molecule is CC.CC.CC.CC.CC.CS(=O)(=O)c1cc2ccsc2s1.Cc1cc2c(C)c(Br)sc2s1.Cc1sc2sc(Br)cc2c1C.N#Cc1cc2ccsc2s1.O=[N+]([O-])c1cc2ccsc2s1. The van der Waals surface area contributed by atoms with Gasteiger partial charge in [0.15, 0.2) is 9.84 Å². The zero-order valence-corrected chi connectivity index (χ0v) is 51.3. The monoisotopic (exact) mass is 1210 g/mol. The molecule has 0 atom stereocenters. The molecule has 10 heterocycles. The van der Waals surface area contributed by atoms with Gasteiger partial charge in [0, 0.05) is 49.0 Å². The summed E-state index contributed by atoms with van der Waals surface area (Å²) in [6, 6.07) is 17.7. The molecule has 19 heteroatoms. The molecule has 0 aromatic carbocycles. The lowest BCUT2D eigenvalue weighted by Crippen LogP contribution is -1.91. The molecule has 6 nitrogen and oxygen atoms in total. The Kier molecular flexibility index (Phi) is 29.4. The van der Waals surface area contributed by atoms with Gasteiger partial charge in [-0.3, -0.25) is 10.1 Å². The van der Waals surface area contributed by atoms with Gasteiger partial charge in [0.1, 0.15) is 15.2 Å². The molecule has 0 aliphatic heterocycles. The molecule has 0 fully saturated rings. The second kappa shape index (κ2) is 31.3. The van der Waals surface area contributed by atoms with E-state index in [4.69, 9.17) is 5.26 Å². The van der Waals surface area contributed by atoms with Crippen molar-refractivity contribution in [3.05, 3.63) is 108 Å². The minimum atomic E-state index is -3.01. The molecule has 0 aliphatic rings. The van der Waals surface area contributed by atoms with Gasteiger partial charge < -0.3 is 0 Å². The van der Waals surface area contributed by atoms with Crippen LogP contribution >= 0.6 is 145 Å². The van der Waals surface area contributed by atoms with Crippen LogP contribution in [0.15, 0.2) is 76.5 Å². The van der Waals surface area contributed by atoms with Gasteiger partial charge in [-0.25, -0.2) is 8.42 Å². The zero-order chi connectivity index (χ0) is 49.6. The minimum Gasteiger partial charge on any atom is -0.258 e. The summed E-state index contributed by atoms with van der Waals surface area (Å²) in [7, 11) is -3.01. The summed E-state index contributed by atoms with van der Waals surface area (Å²) >= 11 is 23.4. The average Bonchev–Trinajstić information content (AvgIpc) is 4.14. The first-order valence-corrected chi connectivity index (χ1v) is 32.4. The Morgan fingerprint density at radius 1 is 0.585 bits per heavy atom. The van der Waals surface area contributed by atoms with Gasteiger partial charge in [-0.2, -0.15) is 5.26 Å². The molecule has 0 bridgehead atoms. The molecule has 354 valence electrons. The van der Waals surface area contributed by atoms with Gasteiger partial charge in [0.25, 0.3) is 0 Å². The van der Waals surface area contributed by atoms with Crippen LogP contribution in [0.2, 0.25) is 0 Å². The number of hydrogen-bond acceptors (Lipinski definition) is 15. The number of nitro groups is 1. The summed E-state index contributed by atoms with van der Waals surface area (Å²) in [4.78, 5) is 13.6. The molecule has 10 aromatic heterocycles. The smallest absolute Gasteiger partial charge is 0.258 e. The van der Waals surface area contributed by atoms with E-state index in [0.29, 0.717) is 4.21 Å². The Morgan fingerprint density at radius 3 is 1.51 bits per heavy atom. The fraction of sp³-hybridized carbons (Fsp3) is 0.326. The highest BCUT2D eigenvalue weighted by atomic mass is 79.9. The van der Waals surface area contributed by atoms with Crippen LogP contribution in [0.3, 0.4) is 0 Å². The molecule has 0 saturated heterocycles. The van der Waals surface area contributed by atoms with Gasteiger partial charge in [-0.05, 0) is 129 Å². The molecular formula is C46H56Br2N2O4S11. The van der Waals surface area contributed by atoms with E-state index in [1.54, 1.807) is 46.1 Å². The van der Waals surface area contributed by atoms with Crippen LogP contribution < -0.4 is 0 Å². The van der Waals surface area contributed by atoms with E-state index >= 15 is 0 Å². The minimum absolute atomic E-state index is 0.229. The standard InChI is InChI=1S/2C8H7BrS2.C7H3NS2.C7H6O2S3.C6H3NO2S2.5C2H6/c1-4-5(2)10-8-6(4)3-7(9)11-8;1-4-3-6-5(2)7(9)11-8(6)10-4;8-4-6-3-5-1-2-9-7(5)10-6;1-12(8,9)6-4-5-2-3-10-7(5)11-6;8-7(9)5-3-4-1-2-10-6(4)11-5;5*1-2/h2*3H,1-2H3;1-3H;2-4H,1H3;1-3H;5*1-2H3. The highest BCUT2D eigenvalue weighted by molar-refractivity contribution is 9.11. The van der Waals surface area contributed by atoms with Crippen LogP contribution in [0.4, 0.5) is 5.00 Å². The van der Waals surface area contributed by atoms with Crippen LogP contribution in [-0.4, -0.2) is 19.6 Å². The van der Waals surface area contributed by atoms with Crippen LogP contribution in [0.5, 0.6) is 0 Å². The van der Waals surface area contributed by atoms with Crippen LogP contribution in [-0.2, 0) is 9.84 Å². The quantitative estimate of drug-likeness (QED) is 0.127. The number of hydrogen-bond donors (Lipinski definition) is 0. The third kappa shape index (κ3) is 17.8. The van der Waals surface area contributed by atoms with E-state index in [9.17, 15) is 18.5 Å². The third-order valence-corrected chi connectivity index (χ3v) is 22.2. The second-order valence-corrected chi connectivity index (χ2v) is 28.2. The van der Waals surface area contributed by atoms with Crippen molar-refractivity contribution in [3.63, 3.8) is 0 Å². The van der Waals surface area contributed by atoms with E-state index in [1.807, 2.05) is 155 Å². The molecule has 10 rings (SSSR count). The number of rotatable bonds is 2. The summed E-state index contributed by atoms with van der Waals surface area (Å²) < 4.78 is 31.4. The Hall–Kier alpha value is -1.90. The first kappa shape index (κ1) is 61.1. The van der Waals surface area contributed by atoms with E-state index in [0.717, 1.165) is 23.7 Å². The Balaban J connectivity index is 0.000000387. The molecule has 0 unspecified atom stereocenters. The molecule has 65 heavy (non-hydrogen) atoms. The number of sulfone groups is 1. The highest BCUT2D eigenvalue weighted by Gasteiger charge is 2.13. The van der Waals surface area contributed by atoms with Crippen LogP contribution in [0.25, 0.3) is 47.0 Å². The predicted molar refractivity (Wildman–Crippen MR) is 314 cm³/mol. The number of thiophene rings is 10. The molecule has 10 aromatic rings. The van der Waals surface area contributed by atoms with Gasteiger partial charge in [0.2, 0.25) is 0 Å². The van der Waals surface area contributed by atoms with Crippen molar-refractivity contribution in [2.45, 2.75) is 101 Å². The Bertz CT molecular complexity index is 2900. The van der Waals surface area contributed by atoms with Gasteiger partial charge >= 0.3 is 5.00 Å². The molecule has 0 aliphatic carbocycles. The van der Waals surface area contributed by atoms with E-state index < -0.39 is 9.84 Å². The summed E-state index contributed by atoms with van der Waals surface area (Å²) in [6.45, 7) is 28.7. The maximum atomic E-state index is 11.1. The first-order chi connectivity index (χ1) is 31.1. The highest BCUT2D eigenvalue weighted by Crippen LogP contribution is 2.41. The lowest BCUT2D eigenvalue weighted by atomic mass is 10.2. The van der Waals surface area contributed by atoms with Crippen molar-refractivity contribution in [2.24, 2.45) is 0 Å². The second-order valence-electron chi connectivity index (χ2n) is 11.5. The lowest BCUT2D eigenvalue weighted by Gasteiger charge is -1.87. The maximum Gasteiger partial charge on any atom is 0.326 e. The Morgan fingerprint density at radius 2 is 1.06 bits per heavy atom. The van der Waals surface area contributed by atoms with E-state index in [1.165, 1.54) is 96.9 Å². The van der Waals surface area contributed by atoms with Gasteiger partial charge in [0.05, 0.1) is 32.6 Å². The molecule has 0 amide bonds. The normalized spacial score (nSPS) is 9.85. The fourth-order valence-corrected chi connectivity index (χ4v) is 18.5. The average molecular weight is 1210 g/mol. The number of fused-ring (bicyclic) bond motifs is 5. The molecule has 0 spiro atoms. The van der Waals surface area contributed by atoms with E-state index in [2.05, 4.69) is 77.8 Å². The third-order valence-electron chi connectivity index (χ3n) is 7.61. The van der Waals surface area contributed by atoms with Gasteiger partial charge in [-0.15, -0.1) is 102 Å². The van der Waals surface area contributed by atoms with Crippen LogP contribution in [0, 0.1) is 49.1 Å². The van der Waals surface area contributed by atoms with Crippen molar-refractivity contribution >= 4 is 207 Å². The summed E-state index contributed by atoms with van der Waals surface area (Å²) in [6.07, 6.45) is 1.24. The van der Waals surface area contributed by atoms with Crippen LogP contribution in [0.1, 0.15) is 95.0 Å². The number of nitriles is 1. The Labute approximate surface area is 442 Å². The topological polar surface area (TPSA) is 101 Å². The largest absolute Gasteiger partial charge is 0.326 e.